The van der Waals surface area contributed by atoms with E-state index in [1.165, 1.54) is 6.07 Å². The standard InChI is InChI=1S/C20H16N4O/c1-15-7-5-6-10-17(15)23-14-12-19(25)20(22-23)18-11-13-21-24(18)16-8-3-2-4-9-16/h2-14H,1H3. The Morgan fingerprint density at radius 2 is 1.64 bits per heavy atom. The molecule has 0 aliphatic carbocycles. The lowest BCUT2D eigenvalue weighted by Crippen LogP contribution is -2.15. The number of hydrogen-bond donors (Lipinski definition) is 0. The summed E-state index contributed by atoms with van der Waals surface area (Å²) in [5, 5.41) is 8.93. The first-order valence-corrected chi connectivity index (χ1v) is 8.00. The van der Waals surface area contributed by atoms with E-state index in [4.69, 9.17) is 0 Å². The number of aromatic nitrogens is 4. The summed E-state index contributed by atoms with van der Waals surface area (Å²) < 4.78 is 3.46. The summed E-state index contributed by atoms with van der Waals surface area (Å²) in [6.07, 6.45) is 3.37. The average Bonchev–Trinajstić information content (AvgIpc) is 3.13. The second-order valence-corrected chi connectivity index (χ2v) is 5.72. The fraction of sp³-hybridized carbons (Fsp3) is 0.0500. The van der Waals surface area contributed by atoms with E-state index < -0.39 is 0 Å². The molecular weight excluding hydrogens is 312 g/mol. The van der Waals surface area contributed by atoms with Gasteiger partial charge in [-0.2, -0.15) is 10.2 Å². The molecule has 0 spiro atoms. The van der Waals surface area contributed by atoms with Gasteiger partial charge in [0.05, 0.1) is 23.3 Å². The SMILES string of the molecule is Cc1ccccc1-n1ccc(=O)c(-c2ccnn2-c2ccccc2)n1. The van der Waals surface area contributed by atoms with Gasteiger partial charge in [-0.05, 0) is 36.8 Å². The molecule has 0 radical (unpaired) electrons. The van der Waals surface area contributed by atoms with Crippen LogP contribution in [0.1, 0.15) is 5.56 Å². The number of aryl methyl sites for hydroxylation is 1. The highest BCUT2D eigenvalue weighted by Gasteiger charge is 2.13. The quantitative estimate of drug-likeness (QED) is 0.579. The Labute approximate surface area is 144 Å². The van der Waals surface area contributed by atoms with Crippen LogP contribution in [0, 0.1) is 6.92 Å². The van der Waals surface area contributed by atoms with E-state index >= 15 is 0 Å². The van der Waals surface area contributed by atoms with Crippen LogP contribution in [0.3, 0.4) is 0 Å². The van der Waals surface area contributed by atoms with Crippen LogP contribution < -0.4 is 5.43 Å². The van der Waals surface area contributed by atoms with Gasteiger partial charge in [0.2, 0.25) is 5.43 Å². The third kappa shape index (κ3) is 2.76. The number of para-hydroxylation sites is 2. The van der Waals surface area contributed by atoms with E-state index in [-0.39, 0.29) is 5.43 Å². The predicted molar refractivity (Wildman–Crippen MR) is 97.1 cm³/mol. The Bertz CT molecular complexity index is 1080. The van der Waals surface area contributed by atoms with Crippen LogP contribution in [-0.2, 0) is 0 Å². The molecule has 0 aliphatic heterocycles. The van der Waals surface area contributed by atoms with Crippen molar-refractivity contribution in [2.24, 2.45) is 0 Å². The zero-order chi connectivity index (χ0) is 17.2. The highest BCUT2D eigenvalue weighted by atomic mass is 16.1. The molecule has 25 heavy (non-hydrogen) atoms. The normalized spacial score (nSPS) is 10.8. The maximum atomic E-state index is 12.5. The van der Waals surface area contributed by atoms with Crippen LogP contribution in [0.15, 0.2) is 83.9 Å². The van der Waals surface area contributed by atoms with Gasteiger partial charge in [-0.3, -0.25) is 4.79 Å². The van der Waals surface area contributed by atoms with Crippen LogP contribution in [0.2, 0.25) is 0 Å². The molecule has 0 bridgehead atoms. The van der Waals surface area contributed by atoms with Gasteiger partial charge in [-0.15, -0.1) is 0 Å². The summed E-state index contributed by atoms with van der Waals surface area (Å²) >= 11 is 0. The molecule has 5 heteroatoms. The third-order valence-electron chi connectivity index (χ3n) is 4.06. The first-order chi connectivity index (χ1) is 12.2. The Hall–Kier alpha value is -3.47. The molecule has 0 saturated carbocycles. The average molecular weight is 328 g/mol. The summed E-state index contributed by atoms with van der Waals surface area (Å²) in [5.41, 5.74) is 3.81. The van der Waals surface area contributed by atoms with Crippen LogP contribution in [0.5, 0.6) is 0 Å². The van der Waals surface area contributed by atoms with Gasteiger partial charge in [0.25, 0.3) is 0 Å². The van der Waals surface area contributed by atoms with E-state index in [9.17, 15) is 4.79 Å². The number of nitrogens with zero attached hydrogens (tertiary/aromatic N) is 4. The highest BCUT2D eigenvalue weighted by Crippen LogP contribution is 2.19. The van der Waals surface area contributed by atoms with Crippen molar-refractivity contribution in [1.82, 2.24) is 19.6 Å². The van der Waals surface area contributed by atoms with Gasteiger partial charge in [0, 0.05) is 12.3 Å². The van der Waals surface area contributed by atoms with Gasteiger partial charge >= 0.3 is 0 Å². The molecule has 122 valence electrons. The fourth-order valence-electron chi connectivity index (χ4n) is 2.80. The Morgan fingerprint density at radius 1 is 0.880 bits per heavy atom. The van der Waals surface area contributed by atoms with E-state index in [2.05, 4.69) is 10.2 Å². The van der Waals surface area contributed by atoms with Crippen molar-refractivity contribution in [1.29, 1.82) is 0 Å². The molecule has 0 atom stereocenters. The minimum Gasteiger partial charge on any atom is -0.287 e. The molecule has 2 aromatic carbocycles. The summed E-state index contributed by atoms with van der Waals surface area (Å²) in [6, 6.07) is 21.0. The lowest BCUT2D eigenvalue weighted by Gasteiger charge is -2.11. The van der Waals surface area contributed by atoms with Crippen LogP contribution in [-0.4, -0.2) is 19.6 Å². The molecule has 0 fully saturated rings. The second-order valence-electron chi connectivity index (χ2n) is 5.72. The van der Waals surface area contributed by atoms with Crippen LogP contribution in [0.25, 0.3) is 22.8 Å². The van der Waals surface area contributed by atoms with E-state index in [1.54, 1.807) is 27.8 Å². The molecule has 0 saturated heterocycles. The fourth-order valence-corrected chi connectivity index (χ4v) is 2.80. The predicted octanol–water partition coefficient (Wildman–Crippen LogP) is 3.39. The van der Waals surface area contributed by atoms with E-state index in [0.717, 1.165) is 16.9 Å². The Balaban J connectivity index is 1.88. The van der Waals surface area contributed by atoms with Gasteiger partial charge in [0.1, 0.15) is 0 Å². The molecule has 0 unspecified atom stereocenters. The van der Waals surface area contributed by atoms with Crippen molar-refractivity contribution in [3.05, 3.63) is 94.9 Å². The number of hydrogen-bond acceptors (Lipinski definition) is 3. The monoisotopic (exact) mass is 328 g/mol. The largest absolute Gasteiger partial charge is 0.287 e. The molecular formula is C20H16N4O. The second kappa shape index (κ2) is 6.20. The minimum absolute atomic E-state index is 0.137. The highest BCUT2D eigenvalue weighted by molar-refractivity contribution is 5.57. The summed E-state index contributed by atoms with van der Waals surface area (Å²) in [4.78, 5) is 12.5. The lowest BCUT2D eigenvalue weighted by atomic mass is 10.2. The zero-order valence-corrected chi connectivity index (χ0v) is 13.7. The molecule has 2 heterocycles. The maximum Gasteiger partial charge on any atom is 0.209 e. The Morgan fingerprint density at radius 3 is 2.44 bits per heavy atom. The number of rotatable bonds is 3. The molecule has 2 aromatic heterocycles. The van der Waals surface area contributed by atoms with Crippen molar-refractivity contribution >= 4 is 0 Å². The zero-order valence-electron chi connectivity index (χ0n) is 13.7. The van der Waals surface area contributed by atoms with Gasteiger partial charge in [-0.1, -0.05) is 36.4 Å². The summed E-state index contributed by atoms with van der Waals surface area (Å²) in [7, 11) is 0. The molecule has 5 nitrogen and oxygen atoms in total. The van der Waals surface area contributed by atoms with E-state index in [1.807, 2.05) is 61.5 Å². The molecule has 4 aromatic rings. The van der Waals surface area contributed by atoms with Crippen molar-refractivity contribution in [2.45, 2.75) is 6.92 Å². The number of benzene rings is 2. The van der Waals surface area contributed by atoms with Gasteiger partial charge < -0.3 is 0 Å². The minimum atomic E-state index is -0.137. The summed E-state index contributed by atoms with van der Waals surface area (Å²) in [6.45, 7) is 2.02. The molecule has 0 amide bonds. The van der Waals surface area contributed by atoms with Crippen LogP contribution in [0.4, 0.5) is 0 Å². The maximum absolute atomic E-state index is 12.5. The molecule has 0 N–H and O–H groups in total. The van der Waals surface area contributed by atoms with Crippen LogP contribution >= 0.6 is 0 Å². The first kappa shape index (κ1) is 15.1. The first-order valence-electron chi connectivity index (χ1n) is 8.00. The van der Waals surface area contributed by atoms with Gasteiger partial charge in [0.15, 0.2) is 5.69 Å². The van der Waals surface area contributed by atoms with Crippen molar-refractivity contribution in [3.63, 3.8) is 0 Å². The summed E-state index contributed by atoms with van der Waals surface area (Å²) in [5.74, 6) is 0. The van der Waals surface area contributed by atoms with Crippen molar-refractivity contribution < 1.29 is 0 Å². The third-order valence-corrected chi connectivity index (χ3v) is 4.06. The lowest BCUT2D eigenvalue weighted by molar-refractivity contribution is 0.818. The molecule has 4 rings (SSSR count). The molecule has 0 aliphatic rings. The van der Waals surface area contributed by atoms with Crippen molar-refractivity contribution in [2.75, 3.05) is 0 Å². The van der Waals surface area contributed by atoms with Crippen molar-refractivity contribution in [3.8, 4) is 22.8 Å². The van der Waals surface area contributed by atoms with Gasteiger partial charge in [-0.25, -0.2) is 9.36 Å². The topological polar surface area (TPSA) is 52.7 Å². The Kier molecular flexibility index (Phi) is 3.74. The van der Waals surface area contributed by atoms with E-state index in [0.29, 0.717) is 11.4 Å². The smallest absolute Gasteiger partial charge is 0.209 e.